The summed E-state index contributed by atoms with van der Waals surface area (Å²) in [7, 11) is 1.70. The Morgan fingerprint density at radius 1 is 0.844 bits per heavy atom. The number of ether oxygens (including phenoxy) is 2. The van der Waals surface area contributed by atoms with Gasteiger partial charge in [-0.25, -0.2) is 0 Å². The summed E-state index contributed by atoms with van der Waals surface area (Å²) < 4.78 is 11.5. The minimum Gasteiger partial charge on any atom is -0.490 e. The largest absolute Gasteiger partial charge is 0.490 e. The predicted octanol–water partition coefficient (Wildman–Crippen LogP) is 4.18. The monoisotopic (exact) mass is 433 g/mol. The van der Waals surface area contributed by atoms with Crippen LogP contribution in [0.25, 0.3) is 0 Å². The van der Waals surface area contributed by atoms with Crippen LogP contribution in [0.4, 0.5) is 17.1 Å². The molecule has 0 aliphatic rings. The van der Waals surface area contributed by atoms with Crippen molar-refractivity contribution in [2.24, 2.45) is 0 Å². The number of carbonyl (C=O) groups is 2. The van der Waals surface area contributed by atoms with Crippen molar-refractivity contribution in [1.82, 2.24) is 0 Å². The average Bonchev–Trinajstić information content (AvgIpc) is 2.82. The summed E-state index contributed by atoms with van der Waals surface area (Å²) in [6.45, 7) is 2.36. The Bertz CT molecular complexity index is 1020. The lowest BCUT2D eigenvalue weighted by Gasteiger charge is -2.16. The first kappa shape index (κ1) is 22.7. The Morgan fingerprint density at radius 3 is 2.22 bits per heavy atom. The fourth-order valence-electron chi connectivity index (χ4n) is 2.90. The smallest absolute Gasteiger partial charge is 0.243 e. The van der Waals surface area contributed by atoms with Crippen molar-refractivity contribution in [3.63, 3.8) is 0 Å². The zero-order valence-corrected chi connectivity index (χ0v) is 18.2. The molecule has 0 bridgehead atoms. The van der Waals surface area contributed by atoms with Gasteiger partial charge in [0.2, 0.25) is 11.8 Å². The molecule has 0 aromatic heterocycles. The number of benzene rings is 3. The molecule has 7 heteroatoms. The van der Waals surface area contributed by atoms with Gasteiger partial charge in [0, 0.05) is 25.3 Å². The van der Waals surface area contributed by atoms with Crippen LogP contribution in [-0.4, -0.2) is 38.6 Å². The molecule has 3 rings (SSSR count). The van der Waals surface area contributed by atoms with Crippen LogP contribution in [0.1, 0.15) is 6.92 Å². The van der Waals surface area contributed by atoms with E-state index in [-0.39, 0.29) is 18.4 Å². The van der Waals surface area contributed by atoms with Crippen LogP contribution in [0.15, 0.2) is 78.9 Å². The zero-order valence-electron chi connectivity index (χ0n) is 18.2. The zero-order chi connectivity index (χ0) is 22.8. The van der Waals surface area contributed by atoms with Crippen molar-refractivity contribution in [3.05, 3.63) is 78.9 Å². The molecule has 0 heterocycles. The fraction of sp³-hybridized carbons (Fsp3) is 0.200. The molecule has 3 aromatic rings. The number of hydrogen-bond donors (Lipinski definition) is 2. The second-order valence-electron chi connectivity index (χ2n) is 7.03. The topological polar surface area (TPSA) is 79.9 Å². The van der Waals surface area contributed by atoms with E-state index in [0.717, 1.165) is 17.1 Å². The van der Waals surface area contributed by atoms with Crippen molar-refractivity contribution >= 4 is 28.9 Å². The van der Waals surface area contributed by atoms with Crippen LogP contribution < -0.4 is 25.0 Å². The third-order valence-corrected chi connectivity index (χ3v) is 4.69. The summed E-state index contributed by atoms with van der Waals surface area (Å²) in [5, 5.41) is 5.94. The Morgan fingerprint density at radius 2 is 1.50 bits per heavy atom. The third-order valence-electron chi connectivity index (χ3n) is 4.69. The second kappa shape index (κ2) is 11.4. The molecule has 7 nitrogen and oxygen atoms in total. The molecular weight excluding hydrogens is 406 g/mol. The first-order valence-electron chi connectivity index (χ1n) is 10.3. The van der Waals surface area contributed by atoms with Gasteiger partial charge in [-0.05, 0) is 48.5 Å². The number of anilines is 3. The normalized spacial score (nSPS) is 10.2. The van der Waals surface area contributed by atoms with Gasteiger partial charge < -0.3 is 25.0 Å². The molecule has 166 valence electrons. The molecule has 2 amide bonds. The van der Waals surface area contributed by atoms with Gasteiger partial charge in [-0.2, -0.15) is 0 Å². The van der Waals surface area contributed by atoms with Crippen molar-refractivity contribution in [2.45, 2.75) is 6.92 Å². The maximum atomic E-state index is 12.3. The molecular formula is C25H27N3O4. The summed E-state index contributed by atoms with van der Waals surface area (Å²) in [5.41, 5.74) is 2.14. The molecule has 0 aliphatic carbocycles. The van der Waals surface area contributed by atoms with E-state index >= 15 is 0 Å². The minimum absolute atomic E-state index is 0.0569. The van der Waals surface area contributed by atoms with E-state index in [9.17, 15) is 9.59 Å². The van der Waals surface area contributed by atoms with E-state index in [0.29, 0.717) is 24.7 Å². The molecule has 0 unspecified atom stereocenters. The lowest BCUT2D eigenvalue weighted by atomic mass is 10.2. The van der Waals surface area contributed by atoms with Gasteiger partial charge in [-0.3, -0.25) is 9.59 Å². The molecule has 0 radical (unpaired) electrons. The molecule has 0 saturated carbocycles. The van der Waals surface area contributed by atoms with Crippen LogP contribution in [-0.2, 0) is 9.59 Å². The maximum Gasteiger partial charge on any atom is 0.243 e. The highest BCUT2D eigenvalue weighted by molar-refractivity contribution is 5.95. The van der Waals surface area contributed by atoms with Gasteiger partial charge in [0.1, 0.15) is 24.7 Å². The van der Waals surface area contributed by atoms with Gasteiger partial charge >= 0.3 is 0 Å². The summed E-state index contributed by atoms with van der Waals surface area (Å²) in [6, 6.07) is 24.1. The maximum absolute atomic E-state index is 12.3. The minimum atomic E-state index is -0.195. The van der Waals surface area contributed by atoms with Crippen LogP contribution in [0.5, 0.6) is 11.5 Å². The highest BCUT2D eigenvalue weighted by Gasteiger charge is 2.08. The Labute approximate surface area is 188 Å². The van der Waals surface area contributed by atoms with E-state index in [4.69, 9.17) is 9.47 Å². The van der Waals surface area contributed by atoms with Crippen molar-refractivity contribution in [1.29, 1.82) is 0 Å². The number of para-hydroxylation sites is 3. The Balaban J connectivity index is 1.46. The summed E-state index contributed by atoms with van der Waals surface area (Å²) in [6.07, 6.45) is 0. The molecule has 3 aromatic carbocycles. The lowest BCUT2D eigenvalue weighted by Crippen LogP contribution is -2.23. The van der Waals surface area contributed by atoms with E-state index in [1.807, 2.05) is 54.6 Å². The third kappa shape index (κ3) is 6.77. The number of carbonyl (C=O) groups excluding carboxylic acids is 2. The van der Waals surface area contributed by atoms with E-state index in [1.54, 1.807) is 31.3 Å². The van der Waals surface area contributed by atoms with Crippen LogP contribution >= 0.6 is 0 Å². The molecule has 0 spiro atoms. The molecule has 0 aliphatic heterocycles. The van der Waals surface area contributed by atoms with Crippen LogP contribution in [0, 0.1) is 0 Å². The van der Waals surface area contributed by atoms with E-state index in [2.05, 4.69) is 10.6 Å². The highest BCUT2D eigenvalue weighted by atomic mass is 16.5. The average molecular weight is 434 g/mol. The quantitative estimate of drug-likeness (QED) is 0.469. The molecule has 0 fully saturated rings. The summed E-state index contributed by atoms with van der Waals surface area (Å²) in [4.78, 5) is 25.3. The summed E-state index contributed by atoms with van der Waals surface area (Å²) in [5.74, 6) is 1.19. The SMILES string of the molecule is CC(=O)N(C)c1ccc(NC(=O)CNc2ccccc2OCCOc2ccccc2)cc1. The summed E-state index contributed by atoms with van der Waals surface area (Å²) >= 11 is 0. The molecule has 32 heavy (non-hydrogen) atoms. The number of hydrogen-bond acceptors (Lipinski definition) is 5. The van der Waals surface area contributed by atoms with Crippen molar-refractivity contribution in [3.8, 4) is 11.5 Å². The lowest BCUT2D eigenvalue weighted by molar-refractivity contribution is -0.116. The fourth-order valence-corrected chi connectivity index (χ4v) is 2.90. The van der Waals surface area contributed by atoms with Gasteiger partial charge in [0.15, 0.2) is 0 Å². The number of amides is 2. The number of rotatable bonds is 10. The first-order valence-corrected chi connectivity index (χ1v) is 10.3. The number of nitrogens with zero attached hydrogens (tertiary/aromatic N) is 1. The Hall–Kier alpha value is -4.00. The number of nitrogens with one attached hydrogen (secondary N) is 2. The Kier molecular flexibility index (Phi) is 8.09. The van der Waals surface area contributed by atoms with E-state index in [1.165, 1.54) is 11.8 Å². The molecule has 0 saturated heterocycles. The van der Waals surface area contributed by atoms with Gasteiger partial charge in [-0.1, -0.05) is 30.3 Å². The van der Waals surface area contributed by atoms with Crippen LogP contribution in [0.2, 0.25) is 0 Å². The predicted molar refractivity (Wildman–Crippen MR) is 127 cm³/mol. The van der Waals surface area contributed by atoms with Gasteiger partial charge in [0.05, 0.1) is 12.2 Å². The second-order valence-corrected chi connectivity index (χ2v) is 7.03. The van der Waals surface area contributed by atoms with Crippen molar-refractivity contribution in [2.75, 3.05) is 42.3 Å². The van der Waals surface area contributed by atoms with Gasteiger partial charge in [-0.15, -0.1) is 0 Å². The molecule has 2 N–H and O–H groups in total. The first-order chi connectivity index (χ1) is 15.5. The molecule has 0 atom stereocenters. The van der Waals surface area contributed by atoms with Gasteiger partial charge in [0.25, 0.3) is 0 Å². The highest BCUT2D eigenvalue weighted by Crippen LogP contribution is 2.23. The standard InChI is InChI=1S/C25H27N3O4/c1-19(29)28(2)21-14-12-20(13-15-21)27-25(30)18-26-23-10-6-7-11-24(23)32-17-16-31-22-8-4-3-5-9-22/h3-15,26H,16-18H2,1-2H3,(H,27,30). The van der Waals surface area contributed by atoms with Crippen LogP contribution in [0.3, 0.4) is 0 Å². The van der Waals surface area contributed by atoms with Crippen molar-refractivity contribution < 1.29 is 19.1 Å². The van der Waals surface area contributed by atoms with E-state index < -0.39 is 0 Å².